The van der Waals surface area contributed by atoms with Crippen LogP contribution in [0.1, 0.15) is 0 Å². The number of sulfonamides is 1. The van der Waals surface area contributed by atoms with E-state index < -0.39 is 15.8 Å². The summed E-state index contributed by atoms with van der Waals surface area (Å²) in [6, 6.07) is 2.50. The SMILES string of the molecule is COCCS(=O)(=O)Nc1ncccc1F. The number of aromatic nitrogens is 1. The van der Waals surface area contributed by atoms with Crippen LogP contribution in [0.4, 0.5) is 10.2 Å². The van der Waals surface area contributed by atoms with Gasteiger partial charge in [-0.3, -0.25) is 4.72 Å². The number of hydrogen-bond donors (Lipinski definition) is 1. The Morgan fingerprint density at radius 3 is 2.93 bits per heavy atom. The first-order chi connectivity index (χ1) is 7.05. The maximum Gasteiger partial charge on any atom is 0.236 e. The maximum absolute atomic E-state index is 13.0. The van der Waals surface area contributed by atoms with Crippen LogP contribution in [0.3, 0.4) is 0 Å². The van der Waals surface area contributed by atoms with Gasteiger partial charge < -0.3 is 4.74 Å². The quantitative estimate of drug-likeness (QED) is 0.810. The summed E-state index contributed by atoms with van der Waals surface area (Å²) in [5.41, 5.74) is 0. The van der Waals surface area contributed by atoms with Crippen LogP contribution in [-0.2, 0) is 14.8 Å². The second-order valence-electron chi connectivity index (χ2n) is 2.75. The second kappa shape index (κ2) is 5.04. The smallest absolute Gasteiger partial charge is 0.236 e. The van der Waals surface area contributed by atoms with Gasteiger partial charge in [0.05, 0.1) is 12.4 Å². The molecular weight excluding hydrogens is 223 g/mol. The van der Waals surface area contributed by atoms with E-state index in [2.05, 4.69) is 9.72 Å². The third-order valence-corrected chi connectivity index (χ3v) is 2.78. The Morgan fingerprint density at radius 2 is 2.33 bits per heavy atom. The molecule has 1 aromatic heterocycles. The molecule has 0 unspecified atom stereocenters. The molecule has 15 heavy (non-hydrogen) atoms. The van der Waals surface area contributed by atoms with Crippen molar-refractivity contribution in [3.8, 4) is 0 Å². The van der Waals surface area contributed by atoms with Crippen molar-refractivity contribution in [2.75, 3.05) is 24.2 Å². The van der Waals surface area contributed by atoms with Crippen molar-refractivity contribution >= 4 is 15.8 Å². The fraction of sp³-hybridized carbons (Fsp3) is 0.375. The molecule has 1 heterocycles. The van der Waals surface area contributed by atoms with E-state index in [-0.39, 0.29) is 18.2 Å². The molecule has 5 nitrogen and oxygen atoms in total. The van der Waals surface area contributed by atoms with Gasteiger partial charge in [0, 0.05) is 13.3 Å². The molecule has 0 spiro atoms. The van der Waals surface area contributed by atoms with Crippen LogP contribution in [0.2, 0.25) is 0 Å². The number of ether oxygens (including phenoxy) is 1. The average Bonchev–Trinajstić information content (AvgIpc) is 2.18. The highest BCUT2D eigenvalue weighted by molar-refractivity contribution is 7.92. The van der Waals surface area contributed by atoms with Gasteiger partial charge in [0.25, 0.3) is 0 Å². The Hall–Kier alpha value is -1.21. The molecular formula is C8H11FN2O3S. The zero-order chi connectivity index (χ0) is 11.3. The Kier molecular flexibility index (Phi) is 3.98. The van der Waals surface area contributed by atoms with Crippen LogP contribution in [0.15, 0.2) is 18.3 Å². The van der Waals surface area contributed by atoms with Crippen molar-refractivity contribution in [1.82, 2.24) is 4.98 Å². The van der Waals surface area contributed by atoms with E-state index in [4.69, 9.17) is 0 Å². The number of nitrogens with one attached hydrogen (secondary N) is 1. The van der Waals surface area contributed by atoms with E-state index >= 15 is 0 Å². The Balaban J connectivity index is 2.74. The highest BCUT2D eigenvalue weighted by Crippen LogP contribution is 2.10. The third-order valence-electron chi connectivity index (χ3n) is 1.57. The van der Waals surface area contributed by atoms with E-state index in [9.17, 15) is 12.8 Å². The fourth-order valence-corrected chi connectivity index (χ4v) is 1.79. The highest BCUT2D eigenvalue weighted by atomic mass is 32.2. The lowest BCUT2D eigenvalue weighted by molar-refractivity contribution is 0.217. The van der Waals surface area contributed by atoms with Crippen molar-refractivity contribution in [2.24, 2.45) is 0 Å². The largest absolute Gasteiger partial charge is 0.384 e. The molecule has 1 rings (SSSR count). The van der Waals surface area contributed by atoms with Gasteiger partial charge in [0.15, 0.2) is 11.6 Å². The molecule has 1 aromatic rings. The van der Waals surface area contributed by atoms with E-state index in [0.717, 1.165) is 6.07 Å². The molecule has 1 N–H and O–H groups in total. The van der Waals surface area contributed by atoms with Gasteiger partial charge in [-0.05, 0) is 12.1 Å². The minimum absolute atomic E-state index is 0.0454. The van der Waals surface area contributed by atoms with E-state index in [0.29, 0.717) is 0 Å². The predicted molar refractivity (Wildman–Crippen MR) is 53.5 cm³/mol. The van der Waals surface area contributed by atoms with Gasteiger partial charge in [-0.25, -0.2) is 17.8 Å². The predicted octanol–water partition coefficient (Wildman–Crippen LogP) is 0.609. The number of pyridine rings is 1. The molecule has 0 amide bonds. The van der Waals surface area contributed by atoms with Crippen molar-refractivity contribution in [2.45, 2.75) is 0 Å². The third kappa shape index (κ3) is 3.80. The van der Waals surface area contributed by atoms with Crippen molar-refractivity contribution < 1.29 is 17.5 Å². The summed E-state index contributed by atoms with van der Waals surface area (Å²) in [6.45, 7) is 0.0454. The summed E-state index contributed by atoms with van der Waals surface area (Å²) < 4.78 is 42.3. The number of halogens is 1. The second-order valence-corrected chi connectivity index (χ2v) is 4.59. The molecule has 0 aliphatic heterocycles. The number of hydrogen-bond acceptors (Lipinski definition) is 4. The molecule has 0 aromatic carbocycles. The minimum atomic E-state index is -3.60. The number of methoxy groups -OCH3 is 1. The summed E-state index contributed by atoms with van der Waals surface area (Å²) >= 11 is 0. The lowest BCUT2D eigenvalue weighted by atomic mass is 10.4. The van der Waals surface area contributed by atoms with Crippen molar-refractivity contribution in [3.63, 3.8) is 0 Å². The summed E-state index contributed by atoms with van der Waals surface area (Å²) in [4.78, 5) is 3.57. The molecule has 84 valence electrons. The first-order valence-electron chi connectivity index (χ1n) is 4.15. The van der Waals surface area contributed by atoms with Crippen molar-refractivity contribution in [3.05, 3.63) is 24.1 Å². The molecule has 0 radical (unpaired) electrons. The summed E-state index contributed by atoms with van der Waals surface area (Å²) in [7, 11) is -2.21. The van der Waals surface area contributed by atoms with Crippen LogP contribution in [0, 0.1) is 5.82 Å². The molecule has 7 heteroatoms. The zero-order valence-electron chi connectivity index (χ0n) is 8.10. The van der Waals surface area contributed by atoms with E-state index in [1.165, 1.54) is 19.4 Å². The van der Waals surface area contributed by atoms with E-state index in [1.54, 1.807) is 0 Å². The number of anilines is 1. The topological polar surface area (TPSA) is 68.3 Å². The number of nitrogens with zero attached hydrogens (tertiary/aromatic N) is 1. The van der Waals surface area contributed by atoms with Crippen LogP contribution in [0.25, 0.3) is 0 Å². The van der Waals surface area contributed by atoms with E-state index in [1.807, 2.05) is 4.72 Å². The van der Waals surface area contributed by atoms with Crippen molar-refractivity contribution in [1.29, 1.82) is 0 Å². The highest BCUT2D eigenvalue weighted by Gasteiger charge is 2.13. The Labute approximate surface area is 87.3 Å². The van der Waals surface area contributed by atoms with Gasteiger partial charge in [-0.15, -0.1) is 0 Å². The molecule has 0 saturated carbocycles. The van der Waals surface area contributed by atoms with Gasteiger partial charge in [0.1, 0.15) is 0 Å². The van der Waals surface area contributed by atoms with Crippen LogP contribution >= 0.6 is 0 Å². The summed E-state index contributed by atoms with van der Waals surface area (Å²) in [5, 5.41) is 0. The van der Waals surface area contributed by atoms with Crippen LogP contribution < -0.4 is 4.72 Å². The Morgan fingerprint density at radius 1 is 1.60 bits per heavy atom. The fourth-order valence-electron chi connectivity index (χ4n) is 0.852. The normalized spacial score (nSPS) is 11.3. The monoisotopic (exact) mass is 234 g/mol. The van der Waals surface area contributed by atoms with Crippen LogP contribution in [0.5, 0.6) is 0 Å². The summed E-state index contributed by atoms with van der Waals surface area (Å²) in [5.74, 6) is -1.24. The first-order valence-corrected chi connectivity index (χ1v) is 5.80. The van der Waals surface area contributed by atoms with Gasteiger partial charge in [0.2, 0.25) is 10.0 Å². The standard InChI is InChI=1S/C8H11FN2O3S/c1-14-5-6-15(12,13)11-8-7(9)3-2-4-10-8/h2-4H,5-6H2,1H3,(H,10,11). The molecule has 0 saturated heterocycles. The lowest BCUT2D eigenvalue weighted by Gasteiger charge is -2.06. The number of rotatable bonds is 5. The minimum Gasteiger partial charge on any atom is -0.384 e. The summed E-state index contributed by atoms with van der Waals surface area (Å²) in [6.07, 6.45) is 1.30. The van der Waals surface area contributed by atoms with Crippen LogP contribution in [-0.4, -0.2) is 32.9 Å². The maximum atomic E-state index is 13.0. The molecule has 0 aliphatic rings. The molecule has 0 bridgehead atoms. The molecule has 0 fully saturated rings. The Bertz CT molecular complexity index is 422. The first kappa shape index (κ1) is 11.9. The lowest BCUT2D eigenvalue weighted by Crippen LogP contribution is -2.20. The van der Waals surface area contributed by atoms with Gasteiger partial charge in [-0.2, -0.15) is 0 Å². The average molecular weight is 234 g/mol. The molecule has 0 atom stereocenters. The zero-order valence-corrected chi connectivity index (χ0v) is 8.92. The van der Waals surface area contributed by atoms with Gasteiger partial charge >= 0.3 is 0 Å². The molecule has 0 aliphatic carbocycles. The van der Waals surface area contributed by atoms with Gasteiger partial charge in [-0.1, -0.05) is 0 Å².